The van der Waals surface area contributed by atoms with Gasteiger partial charge in [-0.3, -0.25) is 28.9 Å². The van der Waals surface area contributed by atoms with E-state index in [0.717, 1.165) is 4.90 Å². The number of carbonyl (C=O) groups is 7. The summed E-state index contributed by atoms with van der Waals surface area (Å²) in [6, 6.07) is 16.0. The van der Waals surface area contributed by atoms with Crippen molar-refractivity contribution in [2.45, 2.75) is 109 Å². The number of hydrogen-bond donors (Lipinski definition) is 2. The van der Waals surface area contributed by atoms with E-state index in [1.165, 1.54) is 6.08 Å². The highest BCUT2D eigenvalue weighted by Gasteiger charge is 2.58. The van der Waals surface area contributed by atoms with Crippen LogP contribution >= 0.6 is 0 Å². The molecule has 3 aromatic rings. The van der Waals surface area contributed by atoms with Gasteiger partial charge in [-0.25, -0.2) is 9.59 Å². The predicted octanol–water partition coefficient (Wildman–Crippen LogP) is 2.64. The zero-order valence-corrected chi connectivity index (χ0v) is 41.2. The van der Waals surface area contributed by atoms with Crippen molar-refractivity contribution < 1.29 is 76.0 Å². The first kappa shape index (κ1) is 50.5. The van der Waals surface area contributed by atoms with Crippen LogP contribution in [0.5, 0.6) is 11.5 Å². The first-order chi connectivity index (χ1) is 34.0. The van der Waals surface area contributed by atoms with Crippen LogP contribution in [0.2, 0.25) is 0 Å². The first-order valence-corrected chi connectivity index (χ1v) is 23.9. The van der Waals surface area contributed by atoms with Crippen LogP contribution in [-0.4, -0.2) is 128 Å². The van der Waals surface area contributed by atoms with Crippen molar-refractivity contribution in [1.82, 2.24) is 15.3 Å². The van der Waals surface area contributed by atoms with E-state index in [9.17, 15) is 33.6 Å². The number of imide groups is 2. The summed E-state index contributed by atoms with van der Waals surface area (Å²) in [6.45, 7) is 13.8. The molecule has 3 fully saturated rings. The van der Waals surface area contributed by atoms with Crippen LogP contribution in [0.15, 0.2) is 66.2 Å². The number of hydrogen-bond acceptors (Lipinski definition) is 17. The number of benzene rings is 3. The van der Waals surface area contributed by atoms with Gasteiger partial charge in [0.15, 0.2) is 5.60 Å². The molecule has 0 aliphatic carbocycles. The van der Waals surface area contributed by atoms with Gasteiger partial charge >= 0.3 is 26.2 Å². The fourth-order valence-corrected chi connectivity index (χ4v) is 9.34. The summed E-state index contributed by atoms with van der Waals surface area (Å²) in [5.74, 6) is -3.11. The van der Waals surface area contributed by atoms with E-state index in [4.69, 9.17) is 48.1 Å². The van der Waals surface area contributed by atoms with E-state index in [0.29, 0.717) is 55.4 Å². The van der Waals surface area contributed by atoms with Gasteiger partial charge in [0, 0.05) is 72.8 Å². The Morgan fingerprint density at radius 2 is 1.31 bits per heavy atom. The number of fused-ring (bicyclic) bond motifs is 6. The molecule has 2 unspecified atom stereocenters. The Morgan fingerprint density at radius 1 is 0.708 bits per heavy atom. The summed E-state index contributed by atoms with van der Waals surface area (Å²) >= 11 is 0. The molecule has 6 aliphatic rings. The maximum Gasteiger partial charge on any atom is 0.494 e. The van der Waals surface area contributed by atoms with Gasteiger partial charge in [0.05, 0.1) is 60.8 Å². The molecule has 1 spiro atoms. The molecule has 2 atom stereocenters. The number of rotatable bonds is 17. The maximum absolute atomic E-state index is 13.7. The van der Waals surface area contributed by atoms with E-state index < -0.39 is 83.7 Å². The van der Waals surface area contributed by atoms with Gasteiger partial charge in [-0.15, -0.1) is 5.06 Å². The zero-order chi connectivity index (χ0) is 51.5. The van der Waals surface area contributed by atoms with Crippen molar-refractivity contribution in [1.29, 1.82) is 0 Å². The number of nitrogens with two attached hydrogens (primary N) is 1. The third-order valence-corrected chi connectivity index (χ3v) is 14.5. The lowest BCUT2D eigenvalue weighted by Gasteiger charge is -2.37. The second-order valence-electron chi connectivity index (χ2n) is 20.1. The van der Waals surface area contributed by atoms with Crippen molar-refractivity contribution in [2.75, 3.05) is 45.3 Å². The molecular weight excluding hydrogens is 934 g/mol. The summed E-state index contributed by atoms with van der Waals surface area (Å²) in [7, 11) is -1.66. The molecular formula is C50H56B2N4O16. The SMILES string of the molecule is CC1(C)OB(c2ccc3c(c2)Oc2cc(B4OC(C)(C)C(C)(CC5=CC(=O)N(CCC(=O)NCCOCCOCCC(=O)ON6C(=O)CCC6=O)C5=O)O4)ccc2C32OC(=O)c3ccc(N)cc32)OC1(C)C. The Balaban J connectivity index is 0.804. The van der Waals surface area contributed by atoms with Gasteiger partial charge in [-0.05, 0) is 89.7 Å². The molecule has 3 aromatic carbocycles. The first-order valence-electron chi connectivity index (χ1n) is 23.9. The van der Waals surface area contributed by atoms with Gasteiger partial charge < -0.3 is 53.5 Å². The van der Waals surface area contributed by atoms with Gasteiger partial charge in [-0.2, -0.15) is 0 Å². The van der Waals surface area contributed by atoms with E-state index >= 15 is 0 Å². The molecule has 22 heteroatoms. The van der Waals surface area contributed by atoms with Crippen LogP contribution in [0.4, 0.5) is 5.69 Å². The van der Waals surface area contributed by atoms with Crippen molar-refractivity contribution in [3.8, 4) is 11.5 Å². The lowest BCUT2D eigenvalue weighted by Crippen LogP contribution is -2.46. The molecule has 72 heavy (non-hydrogen) atoms. The van der Waals surface area contributed by atoms with Crippen LogP contribution in [0.25, 0.3) is 0 Å². The average Bonchev–Trinajstić information content (AvgIpc) is 4.02. The highest BCUT2D eigenvalue weighted by atomic mass is 16.7. The lowest BCUT2D eigenvalue weighted by atomic mass is 9.72. The highest BCUT2D eigenvalue weighted by Crippen LogP contribution is 2.56. The number of ether oxygens (including phenoxy) is 4. The minimum absolute atomic E-state index is 0.00555. The largest absolute Gasteiger partial charge is 0.494 e. The zero-order valence-electron chi connectivity index (χ0n) is 41.2. The van der Waals surface area contributed by atoms with Crippen molar-refractivity contribution in [3.63, 3.8) is 0 Å². The predicted molar refractivity (Wildman–Crippen MR) is 255 cm³/mol. The van der Waals surface area contributed by atoms with Crippen molar-refractivity contribution in [3.05, 3.63) is 88.5 Å². The van der Waals surface area contributed by atoms with E-state index in [2.05, 4.69) is 5.32 Å². The van der Waals surface area contributed by atoms with Crippen LogP contribution in [0, 0.1) is 0 Å². The normalized spacial score (nSPS) is 23.3. The Labute approximate surface area is 416 Å². The summed E-state index contributed by atoms with van der Waals surface area (Å²) in [5.41, 5.74) is 5.62. The summed E-state index contributed by atoms with van der Waals surface area (Å²) in [5, 5.41) is 3.17. The minimum Gasteiger partial charge on any atom is -0.456 e. The third-order valence-electron chi connectivity index (χ3n) is 14.5. The average molecular weight is 991 g/mol. The van der Waals surface area contributed by atoms with Gasteiger partial charge in [0.25, 0.3) is 23.6 Å². The quantitative estimate of drug-likeness (QED) is 0.0649. The molecule has 0 saturated carbocycles. The molecule has 0 bridgehead atoms. The molecule has 0 radical (unpaired) electrons. The minimum atomic E-state index is -1.42. The fourth-order valence-electron chi connectivity index (χ4n) is 9.34. The number of hydroxylamine groups is 2. The van der Waals surface area contributed by atoms with E-state index in [1.807, 2.05) is 78.8 Å². The van der Waals surface area contributed by atoms with Crippen molar-refractivity contribution >= 4 is 72.3 Å². The molecule has 9 rings (SSSR count). The Kier molecular flexibility index (Phi) is 13.2. The number of nitrogen functional groups attached to an aromatic ring is 1. The van der Waals surface area contributed by atoms with Crippen LogP contribution in [0.1, 0.15) is 108 Å². The molecule has 20 nitrogen and oxygen atoms in total. The lowest BCUT2D eigenvalue weighted by molar-refractivity contribution is -0.198. The maximum atomic E-state index is 13.7. The molecule has 378 valence electrons. The second-order valence-corrected chi connectivity index (χ2v) is 20.1. The monoisotopic (exact) mass is 990 g/mol. The Bertz CT molecular complexity index is 2780. The summed E-state index contributed by atoms with van der Waals surface area (Å²) in [6.07, 6.45) is 0.989. The number of carbonyl (C=O) groups excluding carboxylic acids is 7. The van der Waals surface area contributed by atoms with Crippen LogP contribution in [0.3, 0.4) is 0 Å². The van der Waals surface area contributed by atoms with E-state index in [1.54, 1.807) is 24.3 Å². The Morgan fingerprint density at radius 3 is 1.94 bits per heavy atom. The highest BCUT2D eigenvalue weighted by molar-refractivity contribution is 6.62. The smallest absolute Gasteiger partial charge is 0.456 e. The Hall–Kier alpha value is -6.42. The van der Waals surface area contributed by atoms with Crippen molar-refractivity contribution in [2.24, 2.45) is 0 Å². The van der Waals surface area contributed by atoms with Crippen LogP contribution in [-0.2, 0) is 72.0 Å². The third kappa shape index (κ3) is 9.19. The number of nitrogens with zero attached hydrogens (tertiary/aromatic N) is 2. The number of esters is 1. The van der Waals surface area contributed by atoms with E-state index in [-0.39, 0.29) is 77.2 Å². The number of nitrogens with one attached hydrogen (secondary N) is 1. The molecule has 6 aliphatic heterocycles. The topological polar surface area (TPSA) is 247 Å². The number of anilines is 1. The van der Waals surface area contributed by atoms with Crippen LogP contribution < -0.4 is 26.7 Å². The summed E-state index contributed by atoms with van der Waals surface area (Å²) in [4.78, 5) is 94.0. The molecule has 3 saturated heterocycles. The molecule has 0 aromatic heterocycles. The molecule has 3 N–H and O–H groups in total. The van der Waals surface area contributed by atoms with Gasteiger partial charge in [0.1, 0.15) is 11.5 Å². The summed E-state index contributed by atoms with van der Waals surface area (Å²) < 4.78 is 49.9. The van der Waals surface area contributed by atoms with Gasteiger partial charge in [-0.1, -0.05) is 24.3 Å². The molecule has 6 heterocycles. The number of amides is 5. The fraction of sp³-hybridized carbons (Fsp3) is 0.460. The molecule has 5 amide bonds. The van der Waals surface area contributed by atoms with Gasteiger partial charge in [0.2, 0.25) is 5.91 Å². The second kappa shape index (κ2) is 18.9. The standard InChI is InChI=1S/C50H56B2N4O16/c1-46(2)47(3,4)70-51(69-46)30-8-12-34-37(25-30)66-38-26-31(9-13-35(38)50(34)36-27-32(53)10-11-33(36)45(63)67-50)52-71-48(5,6)49(7,72-52)28-29-24-42(60)55(44(29)62)19-16-39(57)54-18-21-65-23-22-64-20-17-43(61)68-56-40(58)14-15-41(56)59/h8-13,24-27H,14-23,28,53H2,1-7H3,(H,54,57).